The van der Waals surface area contributed by atoms with Gasteiger partial charge >= 0.3 is 0 Å². The van der Waals surface area contributed by atoms with Crippen LogP contribution >= 0.6 is 0 Å². The summed E-state index contributed by atoms with van der Waals surface area (Å²) in [5.41, 5.74) is 1.35. The van der Waals surface area contributed by atoms with E-state index in [2.05, 4.69) is 25.0 Å². The Morgan fingerprint density at radius 1 is 1.19 bits per heavy atom. The number of aromatic nitrogens is 3. The SMILES string of the molecule is CNS(=O)(=O)c1cccc(Nc2ncnc3[nH]ccc23)c1. The minimum Gasteiger partial charge on any atom is -0.346 e. The van der Waals surface area contributed by atoms with Gasteiger partial charge in [0.2, 0.25) is 10.0 Å². The number of aromatic amines is 1. The van der Waals surface area contributed by atoms with E-state index in [0.29, 0.717) is 17.2 Å². The van der Waals surface area contributed by atoms with Crippen LogP contribution < -0.4 is 10.0 Å². The first kappa shape index (κ1) is 13.5. The molecule has 2 aromatic heterocycles. The van der Waals surface area contributed by atoms with Gasteiger partial charge in [-0.1, -0.05) is 6.07 Å². The summed E-state index contributed by atoms with van der Waals surface area (Å²) in [5, 5.41) is 3.94. The van der Waals surface area contributed by atoms with Crippen molar-refractivity contribution in [2.24, 2.45) is 0 Å². The number of hydrogen-bond donors (Lipinski definition) is 3. The lowest BCUT2D eigenvalue weighted by Crippen LogP contribution is -2.18. The molecule has 0 aliphatic heterocycles. The second-order valence-corrected chi connectivity index (χ2v) is 6.21. The molecule has 0 amide bonds. The molecule has 7 nitrogen and oxygen atoms in total. The third-order valence-corrected chi connectivity index (χ3v) is 4.44. The third kappa shape index (κ3) is 2.58. The van der Waals surface area contributed by atoms with Gasteiger partial charge in [-0.05, 0) is 31.3 Å². The Kier molecular flexibility index (Phi) is 3.32. The maximum absolute atomic E-state index is 11.8. The van der Waals surface area contributed by atoms with Gasteiger partial charge in [0.05, 0.1) is 10.3 Å². The van der Waals surface area contributed by atoms with Crippen LogP contribution in [0.2, 0.25) is 0 Å². The predicted molar refractivity (Wildman–Crippen MR) is 79.9 cm³/mol. The number of fused-ring (bicyclic) bond motifs is 1. The summed E-state index contributed by atoms with van der Waals surface area (Å²) in [4.78, 5) is 11.5. The summed E-state index contributed by atoms with van der Waals surface area (Å²) in [6, 6.07) is 8.37. The highest BCUT2D eigenvalue weighted by atomic mass is 32.2. The van der Waals surface area contributed by atoms with Gasteiger partial charge in [0.25, 0.3) is 0 Å². The van der Waals surface area contributed by atoms with Crippen molar-refractivity contribution in [3.8, 4) is 0 Å². The van der Waals surface area contributed by atoms with E-state index >= 15 is 0 Å². The number of nitrogens with one attached hydrogen (secondary N) is 3. The van der Waals surface area contributed by atoms with Gasteiger partial charge in [0.1, 0.15) is 17.8 Å². The Morgan fingerprint density at radius 2 is 2.05 bits per heavy atom. The first-order chi connectivity index (χ1) is 10.1. The van der Waals surface area contributed by atoms with Gasteiger partial charge in [0.15, 0.2) is 0 Å². The van der Waals surface area contributed by atoms with Crippen molar-refractivity contribution in [3.63, 3.8) is 0 Å². The molecule has 1 aromatic carbocycles. The van der Waals surface area contributed by atoms with E-state index in [9.17, 15) is 8.42 Å². The van der Waals surface area contributed by atoms with Crippen LogP contribution in [0.3, 0.4) is 0 Å². The van der Waals surface area contributed by atoms with Crippen molar-refractivity contribution < 1.29 is 8.42 Å². The van der Waals surface area contributed by atoms with E-state index in [1.165, 1.54) is 19.4 Å². The Morgan fingerprint density at radius 3 is 2.86 bits per heavy atom. The van der Waals surface area contributed by atoms with Gasteiger partial charge in [0, 0.05) is 11.9 Å². The van der Waals surface area contributed by atoms with Crippen molar-refractivity contribution in [1.82, 2.24) is 19.7 Å². The van der Waals surface area contributed by atoms with Crippen LogP contribution in [-0.2, 0) is 10.0 Å². The van der Waals surface area contributed by atoms with Crippen molar-refractivity contribution >= 4 is 32.6 Å². The van der Waals surface area contributed by atoms with Gasteiger partial charge in [-0.2, -0.15) is 0 Å². The smallest absolute Gasteiger partial charge is 0.240 e. The van der Waals surface area contributed by atoms with E-state index < -0.39 is 10.0 Å². The minimum absolute atomic E-state index is 0.189. The topological polar surface area (TPSA) is 99.8 Å². The second kappa shape index (κ2) is 5.15. The van der Waals surface area contributed by atoms with Crippen LogP contribution in [0.4, 0.5) is 11.5 Å². The zero-order chi connectivity index (χ0) is 14.9. The van der Waals surface area contributed by atoms with Crippen molar-refractivity contribution in [1.29, 1.82) is 0 Å². The molecule has 0 unspecified atom stereocenters. The summed E-state index contributed by atoms with van der Waals surface area (Å²) in [7, 11) is -2.10. The Balaban J connectivity index is 1.99. The molecule has 0 aliphatic carbocycles. The van der Waals surface area contributed by atoms with Crippen LogP contribution in [0.15, 0.2) is 47.8 Å². The number of sulfonamides is 1. The molecule has 3 N–H and O–H groups in total. The number of nitrogens with zero attached hydrogens (tertiary/aromatic N) is 2. The number of H-pyrrole nitrogens is 1. The quantitative estimate of drug-likeness (QED) is 0.680. The van der Waals surface area contributed by atoms with Gasteiger partial charge in [-0.25, -0.2) is 23.1 Å². The summed E-state index contributed by atoms with van der Waals surface area (Å²) in [6.07, 6.45) is 3.21. The largest absolute Gasteiger partial charge is 0.346 e. The fourth-order valence-corrected chi connectivity index (χ4v) is 2.74. The number of hydrogen-bond acceptors (Lipinski definition) is 5. The molecule has 0 aliphatic rings. The third-order valence-electron chi connectivity index (χ3n) is 3.03. The average Bonchev–Trinajstić information content (AvgIpc) is 2.97. The highest BCUT2D eigenvalue weighted by molar-refractivity contribution is 7.89. The molecular weight excluding hydrogens is 290 g/mol. The van der Waals surface area contributed by atoms with E-state index in [-0.39, 0.29) is 4.90 Å². The van der Waals surface area contributed by atoms with Crippen LogP contribution in [0.1, 0.15) is 0 Å². The molecule has 3 rings (SSSR count). The van der Waals surface area contributed by atoms with Crippen molar-refractivity contribution in [3.05, 3.63) is 42.9 Å². The molecule has 0 spiro atoms. The monoisotopic (exact) mass is 303 g/mol. The van der Waals surface area contributed by atoms with Crippen LogP contribution in [-0.4, -0.2) is 30.4 Å². The standard InChI is InChI=1S/C13H13N5O2S/c1-14-21(19,20)10-4-2-3-9(7-10)18-13-11-5-6-15-12(11)16-8-17-13/h2-8,14H,1H3,(H2,15,16,17,18). The number of anilines is 2. The molecule has 0 saturated carbocycles. The molecule has 8 heteroatoms. The average molecular weight is 303 g/mol. The Bertz CT molecular complexity index is 888. The fourth-order valence-electron chi connectivity index (χ4n) is 1.97. The maximum atomic E-state index is 11.8. The fraction of sp³-hybridized carbons (Fsp3) is 0.0769. The van der Waals surface area contributed by atoms with Gasteiger partial charge < -0.3 is 10.3 Å². The first-order valence-corrected chi connectivity index (χ1v) is 7.67. The lowest BCUT2D eigenvalue weighted by molar-refractivity contribution is 0.588. The Hall–Kier alpha value is -2.45. The van der Waals surface area contributed by atoms with E-state index in [0.717, 1.165) is 5.39 Å². The van der Waals surface area contributed by atoms with Crippen LogP contribution in [0, 0.1) is 0 Å². The Labute approximate surface area is 121 Å². The van der Waals surface area contributed by atoms with Crippen LogP contribution in [0.5, 0.6) is 0 Å². The molecule has 0 radical (unpaired) electrons. The van der Waals surface area contributed by atoms with E-state index in [1.807, 2.05) is 6.07 Å². The summed E-state index contributed by atoms with van der Waals surface area (Å²) in [5.74, 6) is 0.611. The van der Waals surface area contributed by atoms with E-state index in [4.69, 9.17) is 0 Å². The maximum Gasteiger partial charge on any atom is 0.240 e. The minimum atomic E-state index is -3.47. The molecular formula is C13H13N5O2S. The predicted octanol–water partition coefficient (Wildman–Crippen LogP) is 1.61. The zero-order valence-electron chi connectivity index (χ0n) is 11.2. The molecule has 21 heavy (non-hydrogen) atoms. The molecule has 108 valence electrons. The van der Waals surface area contributed by atoms with Gasteiger partial charge in [-0.3, -0.25) is 0 Å². The molecule has 3 aromatic rings. The lowest BCUT2D eigenvalue weighted by atomic mass is 10.3. The van der Waals surface area contributed by atoms with Crippen molar-refractivity contribution in [2.75, 3.05) is 12.4 Å². The normalized spacial score (nSPS) is 11.7. The molecule has 0 fully saturated rings. The summed E-state index contributed by atoms with van der Waals surface area (Å²) in [6.45, 7) is 0. The highest BCUT2D eigenvalue weighted by Gasteiger charge is 2.12. The highest BCUT2D eigenvalue weighted by Crippen LogP contribution is 2.23. The second-order valence-electron chi connectivity index (χ2n) is 4.32. The van der Waals surface area contributed by atoms with Crippen molar-refractivity contribution in [2.45, 2.75) is 4.90 Å². The van der Waals surface area contributed by atoms with E-state index in [1.54, 1.807) is 24.4 Å². The van der Waals surface area contributed by atoms with Gasteiger partial charge in [-0.15, -0.1) is 0 Å². The molecule has 0 atom stereocenters. The summed E-state index contributed by atoms with van der Waals surface area (Å²) < 4.78 is 25.9. The summed E-state index contributed by atoms with van der Waals surface area (Å²) >= 11 is 0. The molecule has 2 heterocycles. The molecule has 0 saturated heterocycles. The number of rotatable bonds is 4. The lowest BCUT2D eigenvalue weighted by Gasteiger charge is -2.08. The van der Waals surface area contributed by atoms with Crippen LogP contribution in [0.25, 0.3) is 11.0 Å². The number of benzene rings is 1. The first-order valence-electron chi connectivity index (χ1n) is 6.19. The zero-order valence-corrected chi connectivity index (χ0v) is 12.0. The molecule has 0 bridgehead atoms.